The predicted octanol–water partition coefficient (Wildman–Crippen LogP) is 2.98. The van der Waals surface area contributed by atoms with Crippen LogP contribution in [0.2, 0.25) is 0 Å². The fourth-order valence-electron chi connectivity index (χ4n) is 2.28. The van der Waals surface area contributed by atoms with Crippen LogP contribution in [-0.2, 0) is 13.1 Å². The van der Waals surface area contributed by atoms with Crippen molar-refractivity contribution in [2.45, 2.75) is 20.0 Å². The smallest absolute Gasteiger partial charge is 0.317 e. The van der Waals surface area contributed by atoms with E-state index < -0.39 is 0 Å². The first-order valence-electron chi connectivity index (χ1n) is 7.61. The molecule has 2 amide bonds. The second kappa shape index (κ2) is 7.27. The van der Waals surface area contributed by atoms with Crippen LogP contribution >= 0.6 is 11.3 Å². The third-order valence-corrected chi connectivity index (χ3v) is 4.45. The Morgan fingerprint density at radius 2 is 2.12 bits per heavy atom. The lowest BCUT2D eigenvalue weighted by Gasteiger charge is -2.16. The van der Waals surface area contributed by atoms with E-state index in [1.54, 1.807) is 34.2 Å². The summed E-state index contributed by atoms with van der Waals surface area (Å²) in [5.41, 5.74) is 2.95. The summed E-state index contributed by atoms with van der Waals surface area (Å²) in [6.45, 7) is 2.89. The zero-order valence-electron chi connectivity index (χ0n) is 13.6. The third kappa shape index (κ3) is 3.99. The van der Waals surface area contributed by atoms with Crippen molar-refractivity contribution in [1.29, 1.82) is 0 Å². The fraction of sp³-hybridized carbons (Fsp3) is 0.235. The Morgan fingerprint density at radius 1 is 1.33 bits per heavy atom. The molecule has 3 rings (SSSR count). The number of carbonyl (C=O) groups excluding carboxylic acids is 1. The molecule has 3 aromatic rings. The number of urea groups is 1. The van der Waals surface area contributed by atoms with E-state index >= 15 is 0 Å². The zero-order valence-corrected chi connectivity index (χ0v) is 14.5. The number of para-hydroxylation sites is 1. The highest BCUT2D eigenvalue weighted by molar-refractivity contribution is 7.09. The maximum atomic E-state index is 12.2. The molecule has 0 fully saturated rings. The average Bonchev–Trinajstić information content (AvgIpc) is 3.22. The standard InChI is InChI=1S/C17H19N5OS/c1-13-12-24-16(20-13)9-18-17(23)21(2)10-14-8-19-22(11-14)15-6-4-3-5-7-15/h3-8,11-12H,9-10H2,1-2H3,(H,18,23). The van der Waals surface area contributed by atoms with Gasteiger partial charge in [0.05, 0.1) is 25.0 Å². The van der Waals surface area contributed by atoms with Crippen LogP contribution in [0, 0.1) is 6.92 Å². The Morgan fingerprint density at radius 3 is 2.83 bits per heavy atom. The maximum absolute atomic E-state index is 12.2. The summed E-state index contributed by atoms with van der Waals surface area (Å²) in [6, 6.07) is 9.76. The molecule has 0 atom stereocenters. The van der Waals surface area contributed by atoms with Crippen LogP contribution in [0.4, 0.5) is 4.79 Å². The van der Waals surface area contributed by atoms with Crippen molar-refractivity contribution in [2.75, 3.05) is 7.05 Å². The van der Waals surface area contributed by atoms with Gasteiger partial charge < -0.3 is 10.2 Å². The van der Waals surface area contributed by atoms with Crippen LogP contribution in [0.25, 0.3) is 5.69 Å². The van der Waals surface area contributed by atoms with Crippen molar-refractivity contribution < 1.29 is 4.79 Å². The van der Waals surface area contributed by atoms with Crippen molar-refractivity contribution in [1.82, 2.24) is 25.0 Å². The third-order valence-electron chi connectivity index (χ3n) is 3.48. The van der Waals surface area contributed by atoms with Gasteiger partial charge >= 0.3 is 6.03 Å². The molecule has 24 heavy (non-hydrogen) atoms. The van der Waals surface area contributed by atoms with Gasteiger partial charge in [-0.2, -0.15) is 5.10 Å². The predicted molar refractivity (Wildman–Crippen MR) is 94.1 cm³/mol. The lowest BCUT2D eigenvalue weighted by molar-refractivity contribution is 0.206. The number of carbonyl (C=O) groups is 1. The number of hydrogen-bond donors (Lipinski definition) is 1. The molecule has 0 bridgehead atoms. The van der Waals surface area contributed by atoms with Gasteiger partial charge in [0.2, 0.25) is 0 Å². The number of amides is 2. The van der Waals surface area contributed by atoms with E-state index in [1.165, 1.54) is 0 Å². The molecule has 0 aliphatic carbocycles. The second-order valence-corrected chi connectivity index (χ2v) is 6.47. The number of rotatable bonds is 5. The largest absolute Gasteiger partial charge is 0.331 e. The molecule has 6 nitrogen and oxygen atoms in total. The van der Waals surface area contributed by atoms with Gasteiger partial charge in [0, 0.05) is 29.9 Å². The molecule has 0 saturated carbocycles. The topological polar surface area (TPSA) is 63.1 Å². The van der Waals surface area contributed by atoms with Crippen molar-refractivity contribution in [3.8, 4) is 5.69 Å². The van der Waals surface area contributed by atoms with E-state index in [4.69, 9.17) is 0 Å². The van der Waals surface area contributed by atoms with E-state index in [9.17, 15) is 4.79 Å². The Bertz CT molecular complexity index is 811. The number of nitrogens with one attached hydrogen (secondary N) is 1. The monoisotopic (exact) mass is 341 g/mol. The lowest BCUT2D eigenvalue weighted by Crippen LogP contribution is -2.36. The minimum Gasteiger partial charge on any atom is -0.331 e. The highest BCUT2D eigenvalue weighted by Gasteiger charge is 2.11. The van der Waals surface area contributed by atoms with E-state index in [0.717, 1.165) is 22.0 Å². The summed E-state index contributed by atoms with van der Waals surface area (Å²) >= 11 is 1.55. The summed E-state index contributed by atoms with van der Waals surface area (Å²) < 4.78 is 1.80. The van der Waals surface area contributed by atoms with Gasteiger partial charge in [-0.3, -0.25) is 0 Å². The molecule has 1 aromatic carbocycles. The van der Waals surface area contributed by atoms with Crippen LogP contribution in [0.1, 0.15) is 16.3 Å². The molecule has 0 aliphatic heterocycles. The average molecular weight is 341 g/mol. The first-order chi connectivity index (χ1) is 11.6. The summed E-state index contributed by atoms with van der Waals surface area (Å²) in [7, 11) is 1.77. The molecular weight excluding hydrogens is 322 g/mol. The summed E-state index contributed by atoms with van der Waals surface area (Å²) in [5.74, 6) is 0. The summed E-state index contributed by atoms with van der Waals surface area (Å²) in [5, 5.41) is 10.1. The van der Waals surface area contributed by atoms with Crippen LogP contribution < -0.4 is 5.32 Å². The van der Waals surface area contributed by atoms with E-state index in [2.05, 4.69) is 15.4 Å². The van der Waals surface area contributed by atoms with Crippen LogP contribution in [-0.4, -0.2) is 32.7 Å². The van der Waals surface area contributed by atoms with Crippen LogP contribution in [0.15, 0.2) is 48.1 Å². The second-order valence-electron chi connectivity index (χ2n) is 5.53. The van der Waals surface area contributed by atoms with Gasteiger partial charge in [0.1, 0.15) is 5.01 Å². The molecule has 2 heterocycles. The van der Waals surface area contributed by atoms with Gasteiger partial charge in [0.25, 0.3) is 0 Å². The molecule has 7 heteroatoms. The Hall–Kier alpha value is -2.67. The maximum Gasteiger partial charge on any atom is 0.317 e. The summed E-state index contributed by atoms with van der Waals surface area (Å²) in [6.07, 6.45) is 3.71. The lowest BCUT2D eigenvalue weighted by atomic mass is 10.3. The van der Waals surface area contributed by atoms with Crippen LogP contribution in [0.3, 0.4) is 0 Å². The van der Waals surface area contributed by atoms with Gasteiger partial charge in [-0.1, -0.05) is 18.2 Å². The Kier molecular flexibility index (Phi) is 4.90. The van der Waals surface area contributed by atoms with Crippen molar-refractivity contribution in [3.05, 3.63) is 64.4 Å². The first kappa shape index (κ1) is 16.2. The van der Waals surface area contributed by atoms with Gasteiger partial charge in [-0.25, -0.2) is 14.5 Å². The molecule has 0 unspecified atom stereocenters. The molecule has 124 valence electrons. The number of aryl methyl sites for hydroxylation is 1. The summed E-state index contributed by atoms with van der Waals surface area (Å²) in [4.78, 5) is 18.1. The number of hydrogen-bond acceptors (Lipinski definition) is 4. The Balaban J connectivity index is 1.55. The number of benzene rings is 1. The Labute approximate surface area is 144 Å². The van der Waals surface area contributed by atoms with Crippen molar-refractivity contribution in [3.63, 3.8) is 0 Å². The first-order valence-corrected chi connectivity index (χ1v) is 8.49. The number of nitrogens with zero attached hydrogens (tertiary/aromatic N) is 4. The zero-order chi connectivity index (χ0) is 16.9. The molecule has 0 aliphatic rings. The van der Waals surface area contributed by atoms with Gasteiger partial charge in [-0.05, 0) is 19.1 Å². The molecule has 1 N–H and O–H groups in total. The molecule has 0 spiro atoms. The molecule has 2 aromatic heterocycles. The number of aromatic nitrogens is 3. The fourth-order valence-corrected chi connectivity index (χ4v) is 2.99. The normalized spacial score (nSPS) is 10.6. The number of thiazole rings is 1. The molecule has 0 radical (unpaired) electrons. The van der Waals surface area contributed by atoms with Crippen LogP contribution in [0.5, 0.6) is 0 Å². The SMILES string of the molecule is Cc1csc(CNC(=O)N(C)Cc2cnn(-c3ccccc3)c2)n1. The highest BCUT2D eigenvalue weighted by Crippen LogP contribution is 2.10. The van der Waals surface area contributed by atoms with Crippen molar-refractivity contribution >= 4 is 17.4 Å². The van der Waals surface area contributed by atoms with Gasteiger partial charge in [-0.15, -0.1) is 11.3 Å². The van der Waals surface area contributed by atoms with Gasteiger partial charge in [0.15, 0.2) is 0 Å². The molecular formula is C17H19N5OS. The van der Waals surface area contributed by atoms with E-state index in [-0.39, 0.29) is 6.03 Å². The highest BCUT2D eigenvalue weighted by atomic mass is 32.1. The minimum atomic E-state index is -0.129. The van der Waals surface area contributed by atoms with E-state index in [0.29, 0.717) is 13.1 Å². The van der Waals surface area contributed by atoms with Crippen molar-refractivity contribution in [2.24, 2.45) is 0 Å². The molecule has 0 saturated heterocycles. The quantitative estimate of drug-likeness (QED) is 0.776. The van der Waals surface area contributed by atoms with E-state index in [1.807, 2.05) is 48.8 Å². The minimum absolute atomic E-state index is 0.129.